The van der Waals surface area contributed by atoms with Gasteiger partial charge in [0, 0.05) is 52.0 Å². The summed E-state index contributed by atoms with van der Waals surface area (Å²) in [4.78, 5) is 30.3. The number of hydrogen-bond acceptors (Lipinski definition) is 5. The van der Waals surface area contributed by atoms with E-state index in [2.05, 4.69) is 11.4 Å². The van der Waals surface area contributed by atoms with Gasteiger partial charge in [0.2, 0.25) is 0 Å². The Hall–Kier alpha value is -4.11. The lowest BCUT2D eigenvalue weighted by Crippen LogP contribution is -2.23. The Morgan fingerprint density at radius 1 is 0.951 bits per heavy atom. The lowest BCUT2D eigenvalue weighted by atomic mass is 10.0. The largest absolute Gasteiger partial charge is 0.445 e. The minimum atomic E-state index is -0.495. The maximum atomic E-state index is 13.4. The van der Waals surface area contributed by atoms with Crippen LogP contribution < -0.4 is 10.9 Å². The van der Waals surface area contributed by atoms with Crippen LogP contribution in [-0.2, 0) is 32.0 Å². The molecular weight excluding hydrogens is 579 g/mol. The molecule has 0 bridgehead atoms. The van der Waals surface area contributed by atoms with Gasteiger partial charge < -0.3 is 14.6 Å². The Labute approximate surface area is 249 Å². The summed E-state index contributed by atoms with van der Waals surface area (Å²) in [6, 6.07) is 22.7. The van der Waals surface area contributed by atoms with E-state index in [1.165, 1.54) is 11.3 Å². The molecule has 0 aliphatic rings. The maximum absolute atomic E-state index is 13.4. The summed E-state index contributed by atoms with van der Waals surface area (Å²) in [5, 5.41) is 8.32. The van der Waals surface area contributed by atoms with Gasteiger partial charge >= 0.3 is 6.09 Å². The number of fused-ring (bicyclic) bond motifs is 3. The number of aromatic nitrogens is 3. The van der Waals surface area contributed by atoms with Gasteiger partial charge in [-0.2, -0.15) is 0 Å². The summed E-state index contributed by atoms with van der Waals surface area (Å²) >= 11 is 14.0. The zero-order valence-corrected chi connectivity index (χ0v) is 24.5. The van der Waals surface area contributed by atoms with Gasteiger partial charge in [-0.15, -0.1) is 11.3 Å². The topological polar surface area (TPSA) is 78.2 Å². The third-order valence-electron chi connectivity index (χ3n) is 7.01. The van der Waals surface area contributed by atoms with Gasteiger partial charge in [0.25, 0.3) is 5.56 Å². The highest BCUT2D eigenvalue weighted by Crippen LogP contribution is 2.35. The predicted molar refractivity (Wildman–Crippen MR) is 166 cm³/mol. The predicted octanol–water partition coefficient (Wildman–Crippen LogP) is 7.55. The number of halogens is 2. The first kappa shape index (κ1) is 27.1. The minimum Gasteiger partial charge on any atom is -0.445 e. The second-order valence-corrected chi connectivity index (χ2v) is 11.4. The summed E-state index contributed by atoms with van der Waals surface area (Å²) in [5.41, 5.74) is 5.42. The van der Waals surface area contributed by atoms with E-state index >= 15 is 0 Å². The smallest absolute Gasteiger partial charge is 0.407 e. The van der Waals surface area contributed by atoms with E-state index in [1.54, 1.807) is 29.8 Å². The molecule has 1 amide bonds. The second kappa shape index (κ2) is 11.0. The molecule has 206 valence electrons. The number of nitrogens with one attached hydrogen (secondary N) is 1. The molecule has 10 heteroatoms. The standard InChI is InChI=1S/C31H24Cl2N4O3S/c1-36-27-11-8-19(26-17-41-28(35-26)15-34-31(39)40-16-18-6-4-3-5-7-18)12-22(27)23-14-24(30(38)37(2)29(23)36)21-10-9-20(32)13-25(21)33/h3-14,17H,15-16H2,1-2H3,(H,34,39). The Balaban J connectivity index is 1.29. The molecular formula is C31H24Cl2N4O3S. The molecule has 0 unspecified atom stereocenters. The number of ether oxygens (including phenoxy) is 1. The molecule has 0 aliphatic heterocycles. The number of hydrogen-bond donors (Lipinski definition) is 1. The van der Waals surface area contributed by atoms with E-state index in [0.717, 1.165) is 43.8 Å². The molecule has 0 saturated heterocycles. The van der Waals surface area contributed by atoms with Gasteiger partial charge in [-0.05, 0) is 35.9 Å². The van der Waals surface area contributed by atoms with E-state index < -0.39 is 6.09 Å². The van der Waals surface area contributed by atoms with Crippen molar-refractivity contribution < 1.29 is 9.53 Å². The molecule has 3 heterocycles. The SMILES string of the molecule is Cn1c(=O)c(-c2ccc(Cl)cc2Cl)cc2c3cc(-c4csc(CNC(=O)OCc5ccccc5)n4)ccc3n(C)c21. The van der Waals surface area contributed by atoms with Crippen LogP contribution in [0.2, 0.25) is 10.0 Å². The summed E-state index contributed by atoms with van der Waals surface area (Å²) in [6.07, 6.45) is -0.495. The van der Waals surface area contributed by atoms with Crippen molar-refractivity contribution >= 4 is 62.6 Å². The molecule has 0 saturated carbocycles. The lowest BCUT2D eigenvalue weighted by molar-refractivity contribution is 0.139. The van der Waals surface area contributed by atoms with Crippen LogP contribution in [0.15, 0.2) is 83.0 Å². The Morgan fingerprint density at radius 2 is 1.76 bits per heavy atom. The van der Waals surface area contributed by atoms with Gasteiger partial charge in [0.1, 0.15) is 17.3 Å². The molecule has 0 fully saturated rings. The lowest BCUT2D eigenvalue weighted by Gasteiger charge is -2.09. The van der Waals surface area contributed by atoms with Crippen LogP contribution in [0.5, 0.6) is 0 Å². The van der Waals surface area contributed by atoms with Crippen LogP contribution >= 0.6 is 34.5 Å². The maximum Gasteiger partial charge on any atom is 0.407 e. The van der Waals surface area contributed by atoms with Gasteiger partial charge in [-0.25, -0.2) is 9.78 Å². The molecule has 0 spiro atoms. The molecule has 3 aromatic heterocycles. The van der Waals surface area contributed by atoms with Crippen LogP contribution in [0.4, 0.5) is 4.79 Å². The van der Waals surface area contributed by atoms with Crippen molar-refractivity contribution in [2.75, 3.05) is 0 Å². The molecule has 3 aromatic carbocycles. The Bertz CT molecular complexity index is 2000. The van der Waals surface area contributed by atoms with Crippen LogP contribution in [0.25, 0.3) is 44.3 Å². The van der Waals surface area contributed by atoms with E-state index in [0.29, 0.717) is 21.2 Å². The van der Waals surface area contributed by atoms with Crippen molar-refractivity contribution in [1.82, 2.24) is 19.4 Å². The van der Waals surface area contributed by atoms with Crippen LogP contribution in [0, 0.1) is 0 Å². The summed E-state index contributed by atoms with van der Waals surface area (Å²) in [6.45, 7) is 0.473. The zero-order chi connectivity index (χ0) is 28.7. The summed E-state index contributed by atoms with van der Waals surface area (Å²) in [5.74, 6) is 0. The molecule has 0 atom stereocenters. The van der Waals surface area contributed by atoms with Gasteiger partial charge in [0.05, 0.1) is 22.8 Å². The van der Waals surface area contributed by atoms with E-state index in [9.17, 15) is 9.59 Å². The first-order valence-electron chi connectivity index (χ1n) is 12.8. The van der Waals surface area contributed by atoms with Gasteiger partial charge in [-0.1, -0.05) is 65.7 Å². The van der Waals surface area contributed by atoms with E-state index in [-0.39, 0.29) is 18.7 Å². The van der Waals surface area contributed by atoms with Crippen molar-refractivity contribution in [2.45, 2.75) is 13.2 Å². The van der Waals surface area contributed by atoms with Crippen molar-refractivity contribution in [1.29, 1.82) is 0 Å². The quantitative estimate of drug-likeness (QED) is 0.213. The Kier molecular flexibility index (Phi) is 7.30. The summed E-state index contributed by atoms with van der Waals surface area (Å²) in [7, 11) is 3.71. The summed E-state index contributed by atoms with van der Waals surface area (Å²) < 4.78 is 8.96. The number of alkyl carbamates (subject to hydrolysis) is 1. The molecule has 41 heavy (non-hydrogen) atoms. The number of amides is 1. The van der Waals surface area contributed by atoms with E-state index in [4.69, 9.17) is 32.9 Å². The molecule has 1 N–H and O–H groups in total. The zero-order valence-electron chi connectivity index (χ0n) is 22.2. The molecule has 0 radical (unpaired) electrons. The molecule has 0 aliphatic carbocycles. The molecule has 7 nitrogen and oxygen atoms in total. The van der Waals surface area contributed by atoms with Crippen LogP contribution in [-0.4, -0.2) is 20.2 Å². The number of thiazole rings is 1. The van der Waals surface area contributed by atoms with Crippen molar-refractivity contribution in [3.05, 3.63) is 109 Å². The van der Waals surface area contributed by atoms with Crippen LogP contribution in [0.1, 0.15) is 10.6 Å². The van der Waals surface area contributed by atoms with Crippen LogP contribution in [0.3, 0.4) is 0 Å². The molecule has 6 rings (SSSR count). The number of carbonyl (C=O) groups is 1. The van der Waals surface area contributed by atoms with Crippen molar-refractivity contribution in [2.24, 2.45) is 14.1 Å². The number of nitrogens with zero attached hydrogens (tertiary/aromatic N) is 3. The fourth-order valence-corrected chi connectivity index (χ4v) is 6.25. The number of pyridine rings is 1. The average molecular weight is 604 g/mol. The first-order valence-corrected chi connectivity index (χ1v) is 14.4. The average Bonchev–Trinajstić information content (AvgIpc) is 3.56. The van der Waals surface area contributed by atoms with Crippen molar-refractivity contribution in [3.63, 3.8) is 0 Å². The van der Waals surface area contributed by atoms with Gasteiger partial charge in [-0.3, -0.25) is 9.36 Å². The highest BCUT2D eigenvalue weighted by molar-refractivity contribution is 7.09. The third kappa shape index (κ3) is 5.22. The number of aryl methyl sites for hydroxylation is 2. The highest BCUT2D eigenvalue weighted by atomic mass is 35.5. The normalized spacial score (nSPS) is 11.3. The Morgan fingerprint density at radius 3 is 2.54 bits per heavy atom. The number of benzene rings is 3. The fraction of sp³-hybridized carbons (Fsp3) is 0.129. The third-order valence-corrected chi connectivity index (χ3v) is 8.41. The number of rotatable bonds is 6. The number of carbonyl (C=O) groups excluding carboxylic acids is 1. The molecule has 6 aromatic rings. The van der Waals surface area contributed by atoms with Gasteiger partial charge in [0.15, 0.2) is 0 Å². The van der Waals surface area contributed by atoms with E-state index in [1.807, 2.05) is 65.5 Å². The monoisotopic (exact) mass is 602 g/mol. The fourth-order valence-electron chi connectivity index (χ4n) is 5.00. The first-order chi connectivity index (χ1) is 19.8. The van der Waals surface area contributed by atoms with Crippen molar-refractivity contribution in [3.8, 4) is 22.4 Å². The second-order valence-electron chi connectivity index (χ2n) is 9.62. The minimum absolute atomic E-state index is 0.146. The highest BCUT2D eigenvalue weighted by Gasteiger charge is 2.18.